The van der Waals surface area contributed by atoms with Gasteiger partial charge in [0.25, 0.3) is 0 Å². The maximum Gasteiger partial charge on any atom is -0.0234 e. The summed E-state index contributed by atoms with van der Waals surface area (Å²) in [5, 5.41) is 0. The number of benzene rings is 1. The topological polar surface area (TPSA) is 0 Å². The molecule has 0 saturated carbocycles. The van der Waals surface area contributed by atoms with Gasteiger partial charge in [0.1, 0.15) is 0 Å². The Morgan fingerprint density at radius 2 is 1.13 bits per heavy atom. The fourth-order valence-electron chi connectivity index (χ4n) is 1.05. The van der Waals surface area contributed by atoms with Crippen LogP contribution in [0.3, 0.4) is 0 Å². The van der Waals surface area contributed by atoms with Crippen LogP contribution in [0.5, 0.6) is 0 Å². The van der Waals surface area contributed by atoms with Crippen molar-refractivity contribution in [1.29, 1.82) is 0 Å². The highest BCUT2D eigenvalue weighted by molar-refractivity contribution is 5.19. The lowest BCUT2D eigenvalue weighted by Gasteiger charge is -1.90. The highest BCUT2D eigenvalue weighted by Crippen LogP contribution is 1.99. The molecular formula is C15H22. The third kappa shape index (κ3) is 7.78. The Kier molecular flexibility index (Phi) is 8.52. The molecule has 0 fully saturated rings. The highest BCUT2D eigenvalue weighted by atomic mass is 13.9. The van der Waals surface area contributed by atoms with Gasteiger partial charge in [-0.2, -0.15) is 0 Å². The minimum Gasteiger partial charge on any atom is -0.130 e. The normalized spacial score (nSPS) is 11.2. The van der Waals surface area contributed by atoms with Crippen LogP contribution in [-0.2, 0) is 0 Å². The van der Waals surface area contributed by atoms with Crippen LogP contribution in [0.4, 0.5) is 0 Å². The standard InChI is InChI=1S/C8H10.C5H6.C2H6/c1-7-3-5-8(2)6-4-7;1-2-4-5-3-1;1-2/h3-6H,1-2H3;1,5H,2,4H2;1-2H3. The molecule has 0 heterocycles. The monoisotopic (exact) mass is 202 g/mol. The molecule has 0 amide bonds. The third-order valence-corrected chi connectivity index (χ3v) is 1.91. The first kappa shape index (κ1) is 13.7. The van der Waals surface area contributed by atoms with Crippen LogP contribution in [-0.4, -0.2) is 0 Å². The third-order valence-electron chi connectivity index (χ3n) is 1.91. The number of hydrogen-bond donors (Lipinski definition) is 0. The predicted octanol–water partition coefficient (Wildman–Crippen LogP) is 4.82. The molecular weight excluding hydrogens is 180 g/mol. The molecule has 0 aromatic heterocycles. The van der Waals surface area contributed by atoms with E-state index < -0.39 is 0 Å². The SMILES string of the molecule is C1=CCCC=1.CC.Cc1ccc(C)cc1. The van der Waals surface area contributed by atoms with E-state index >= 15 is 0 Å². The van der Waals surface area contributed by atoms with E-state index in [0.29, 0.717) is 0 Å². The maximum atomic E-state index is 2.97. The quantitative estimate of drug-likeness (QED) is 0.529. The van der Waals surface area contributed by atoms with Gasteiger partial charge in [0.2, 0.25) is 0 Å². The molecule has 1 aliphatic carbocycles. The number of allylic oxidation sites excluding steroid dienone is 1. The van der Waals surface area contributed by atoms with Crippen molar-refractivity contribution < 1.29 is 0 Å². The molecule has 82 valence electrons. The molecule has 0 bridgehead atoms. The molecule has 0 atom stereocenters. The van der Waals surface area contributed by atoms with Gasteiger partial charge in [-0.1, -0.05) is 49.2 Å². The largest absolute Gasteiger partial charge is 0.130 e. The lowest BCUT2D eigenvalue weighted by molar-refractivity contribution is 1.09. The second-order valence-electron chi connectivity index (χ2n) is 3.31. The summed E-state index contributed by atoms with van der Waals surface area (Å²) < 4.78 is 0. The van der Waals surface area contributed by atoms with Gasteiger partial charge >= 0.3 is 0 Å². The van der Waals surface area contributed by atoms with Gasteiger partial charge < -0.3 is 0 Å². The van der Waals surface area contributed by atoms with Gasteiger partial charge in [0.05, 0.1) is 0 Å². The second kappa shape index (κ2) is 9.30. The Morgan fingerprint density at radius 1 is 0.800 bits per heavy atom. The minimum absolute atomic E-state index is 1.21. The first-order chi connectivity index (χ1) is 7.29. The van der Waals surface area contributed by atoms with Gasteiger partial charge in [0, 0.05) is 0 Å². The summed E-state index contributed by atoms with van der Waals surface area (Å²) in [6.07, 6.45) is 6.53. The van der Waals surface area contributed by atoms with Crippen LogP contribution in [0.1, 0.15) is 37.8 Å². The predicted molar refractivity (Wildman–Crippen MR) is 69.2 cm³/mol. The van der Waals surface area contributed by atoms with Crippen molar-refractivity contribution in [3.05, 3.63) is 53.3 Å². The molecule has 1 aliphatic rings. The summed E-state index contributed by atoms with van der Waals surface area (Å²) in [6.45, 7) is 8.19. The van der Waals surface area contributed by atoms with Crippen molar-refractivity contribution in [2.45, 2.75) is 40.5 Å². The summed E-state index contributed by atoms with van der Waals surface area (Å²) in [6, 6.07) is 8.48. The second-order valence-corrected chi connectivity index (χ2v) is 3.31. The number of hydrogen-bond acceptors (Lipinski definition) is 0. The summed E-state index contributed by atoms with van der Waals surface area (Å²) in [5.74, 6) is 0. The Morgan fingerprint density at radius 3 is 1.33 bits per heavy atom. The molecule has 0 N–H and O–H groups in total. The van der Waals surface area contributed by atoms with Crippen LogP contribution >= 0.6 is 0 Å². The average Bonchev–Trinajstić information content (AvgIpc) is 2.84. The fraction of sp³-hybridized carbons (Fsp3) is 0.400. The summed E-state index contributed by atoms with van der Waals surface area (Å²) >= 11 is 0. The van der Waals surface area contributed by atoms with Crippen molar-refractivity contribution in [2.24, 2.45) is 0 Å². The van der Waals surface area contributed by atoms with E-state index in [4.69, 9.17) is 0 Å². The fourth-order valence-corrected chi connectivity index (χ4v) is 1.05. The molecule has 0 radical (unpaired) electrons. The van der Waals surface area contributed by atoms with E-state index in [0.717, 1.165) is 0 Å². The van der Waals surface area contributed by atoms with Gasteiger partial charge in [-0.05, 0) is 38.8 Å². The average molecular weight is 202 g/mol. The molecule has 15 heavy (non-hydrogen) atoms. The van der Waals surface area contributed by atoms with Crippen LogP contribution in [0.15, 0.2) is 42.1 Å². The van der Waals surface area contributed by atoms with Gasteiger partial charge in [-0.3, -0.25) is 0 Å². The van der Waals surface area contributed by atoms with Gasteiger partial charge in [-0.15, -0.1) is 5.73 Å². The molecule has 0 nitrogen and oxygen atoms in total. The summed E-state index contributed by atoms with van der Waals surface area (Å²) in [7, 11) is 0. The zero-order valence-corrected chi connectivity index (χ0v) is 10.4. The number of rotatable bonds is 0. The molecule has 0 aliphatic heterocycles. The van der Waals surface area contributed by atoms with Crippen LogP contribution < -0.4 is 0 Å². The minimum atomic E-state index is 1.21. The molecule has 2 rings (SSSR count). The van der Waals surface area contributed by atoms with Crippen LogP contribution in [0.2, 0.25) is 0 Å². The van der Waals surface area contributed by atoms with Crippen molar-refractivity contribution >= 4 is 0 Å². The first-order valence-electron chi connectivity index (χ1n) is 5.72. The van der Waals surface area contributed by atoms with E-state index in [9.17, 15) is 0 Å². The Bertz CT molecular complexity index is 268. The van der Waals surface area contributed by atoms with Crippen molar-refractivity contribution in [1.82, 2.24) is 0 Å². The lowest BCUT2D eigenvalue weighted by atomic mass is 10.2. The van der Waals surface area contributed by atoms with Crippen LogP contribution in [0.25, 0.3) is 0 Å². The Balaban J connectivity index is 0.000000241. The Labute approximate surface area is 94.3 Å². The molecule has 0 heteroatoms. The molecule has 0 spiro atoms. The summed E-state index contributed by atoms with van der Waals surface area (Å²) in [5.41, 5.74) is 5.63. The van der Waals surface area contributed by atoms with Gasteiger partial charge in [0.15, 0.2) is 0 Å². The van der Waals surface area contributed by atoms with Crippen molar-refractivity contribution in [3.8, 4) is 0 Å². The van der Waals surface area contributed by atoms with E-state index in [2.05, 4.69) is 56.0 Å². The molecule has 0 saturated heterocycles. The highest BCUT2D eigenvalue weighted by Gasteiger charge is 1.79. The molecule has 0 unspecified atom stereocenters. The Hall–Kier alpha value is -1.26. The lowest BCUT2D eigenvalue weighted by Crippen LogP contribution is -1.70. The maximum absolute atomic E-state index is 2.97. The van der Waals surface area contributed by atoms with Crippen LogP contribution in [0, 0.1) is 13.8 Å². The first-order valence-corrected chi connectivity index (χ1v) is 5.72. The summed E-state index contributed by atoms with van der Waals surface area (Å²) in [4.78, 5) is 0. The van der Waals surface area contributed by atoms with E-state index in [-0.39, 0.29) is 0 Å². The van der Waals surface area contributed by atoms with E-state index in [1.54, 1.807) is 0 Å². The number of aryl methyl sites for hydroxylation is 2. The molecule has 1 aromatic rings. The van der Waals surface area contributed by atoms with E-state index in [1.165, 1.54) is 24.0 Å². The van der Waals surface area contributed by atoms with E-state index in [1.807, 2.05) is 13.8 Å². The van der Waals surface area contributed by atoms with Gasteiger partial charge in [-0.25, -0.2) is 0 Å². The zero-order valence-electron chi connectivity index (χ0n) is 10.4. The van der Waals surface area contributed by atoms with Crippen molar-refractivity contribution in [2.75, 3.05) is 0 Å². The van der Waals surface area contributed by atoms with Crippen molar-refractivity contribution in [3.63, 3.8) is 0 Å². The smallest absolute Gasteiger partial charge is 0.0234 e. The zero-order chi connectivity index (χ0) is 11.5. The molecule has 1 aromatic carbocycles.